The Kier molecular flexibility index (Phi) is 10.3. The number of para-hydroxylation sites is 1. The van der Waals surface area contributed by atoms with E-state index in [1.54, 1.807) is 18.3 Å². The first kappa shape index (κ1) is 33.3. The van der Waals surface area contributed by atoms with Crippen molar-refractivity contribution < 1.29 is 19.1 Å². The van der Waals surface area contributed by atoms with Gasteiger partial charge in [-0.1, -0.05) is 48.3 Å². The number of amides is 2. The van der Waals surface area contributed by atoms with Gasteiger partial charge in [0.2, 0.25) is 5.91 Å². The van der Waals surface area contributed by atoms with Crippen LogP contribution >= 0.6 is 23.2 Å². The van der Waals surface area contributed by atoms with Crippen LogP contribution in [0.25, 0.3) is 10.9 Å². The van der Waals surface area contributed by atoms with E-state index < -0.39 is 0 Å². The van der Waals surface area contributed by atoms with Crippen LogP contribution in [0.3, 0.4) is 0 Å². The molecule has 0 spiro atoms. The van der Waals surface area contributed by atoms with Gasteiger partial charge < -0.3 is 24.3 Å². The highest BCUT2D eigenvalue weighted by molar-refractivity contribution is 6.36. The summed E-state index contributed by atoms with van der Waals surface area (Å²) in [7, 11) is 1.91. The summed E-state index contributed by atoms with van der Waals surface area (Å²) < 4.78 is 14.2. The van der Waals surface area contributed by atoms with Gasteiger partial charge in [0, 0.05) is 53.8 Å². The standard InChI is InChI=1S/C36H46Cl2N4O4/c1-22-9-11-28(12-10-22)46-21-27-15-26(42-23(2)19-45-20-24(42)3)17-41(27)35(43)14-25-13-32(38)33(16-31(25)37)39-36(44)30-18-40(4)34-8-6-5-7-29(30)34/h5-8,13,16,18,22-24,26-28H,9-12,14-15,17,19-21H2,1-4H3,(H,39,44)/t22?,23-,24+,26-,27-,28?/m0/s1. The first-order chi connectivity index (χ1) is 22.1. The molecule has 0 bridgehead atoms. The Morgan fingerprint density at radius 3 is 2.46 bits per heavy atom. The minimum absolute atomic E-state index is 0.00685. The van der Waals surface area contributed by atoms with Crippen LogP contribution in [0.2, 0.25) is 10.0 Å². The maximum absolute atomic E-state index is 14.0. The molecule has 0 radical (unpaired) electrons. The quantitative estimate of drug-likeness (QED) is 0.281. The first-order valence-corrected chi connectivity index (χ1v) is 17.4. The second-order valence-electron chi connectivity index (χ2n) is 13.7. The number of morpholine rings is 1. The van der Waals surface area contributed by atoms with E-state index in [-0.39, 0.29) is 48.5 Å². The number of rotatable bonds is 8. The largest absolute Gasteiger partial charge is 0.378 e. The van der Waals surface area contributed by atoms with Gasteiger partial charge in [0.05, 0.1) is 54.7 Å². The van der Waals surface area contributed by atoms with Gasteiger partial charge >= 0.3 is 0 Å². The maximum atomic E-state index is 14.0. The van der Waals surface area contributed by atoms with Gasteiger partial charge in [0.25, 0.3) is 5.91 Å². The Hall–Kier alpha value is -2.62. The van der Waals surface area contributed by atoms with Crippen LogP contribution in [-0.4, -0.2) is 82.8 Å². The zero-order valence-electron chi connectivity index (χ0n) is 27.3. The Labute approximate surface area is 282 Å². The number of aryl methyl sites for hydroxylation is 1. The van der Waals surface area contributed by atoms with E-state index in [0.717, 1.165) is 36.1 Å². The summed E-state index contributed by atoms with van der Waals surface area (Å²) in [5.41, 5.74) is 2.56. The Morgan fingerprint density at radius 2 is 1.72 bits per heavy atom. The minimum atomic E-state index is -0.275. The molecular formula is C36H46Cl2N4O4. The molecule has 1 N–H and O–H groups in total. The number of nitrogens with zero attached hydrogens (tertiary/aromatic N) is 3. The van der Waals surface area contributed by atoms with Gasteiger partial charge in [0.15, 0.2) is 0 Å². The molecule has 6 rings (SSSR count). The van der Waals surface area contributed by atoms with Crippen LogP contribution < -0.4 is 5.32 Å². The lowest BCUT2D eigenvalue weighted by Gasteiger charge is -2.42. The first-order valence-electron chi connectivity index (χ1n) is 16.7. The zero-order valence-corrected chi connectivity index (χ0v) is 28.8. The van der Waals surface area contributed by atoms with Crippen molar-refractivity contribution in [3.8, 4) is 0 Å². The molecule has 3 heterocycles. The molecule has 1 aliphatic carbocycles. The van der Waals surface area contributed by atoms with E-state index in [2.05, 4.69) is 31.0 Å². The predicted molar refractivity (Wildman–Crippen MR) is 184 cm³/mol. The zero-order chi connectivity index (χ0) is 32.5. The lowest BCUT2D eigenvalue weighted by molar-refractivity contribution is -0.133. The molecule has 46 heavy (non-hydrogen) atoms. The summed E-state index contributed by atoms with van der Waals surface area (Å²) in [6.07, 6.45) is 7.62. The number of ether oxygens (including phenoxy) is 2. The molecule has 2 saturated heterocycles. The molecule has 2 aliphatic heterocycles. The molecule has 8 nitrogen and oxygen atoms in total. The van der Waals surface area contributed by atoms with E-state index in [1.807, 2.05) is 40.8 Å². The second-order valence-corrected chi connectivity index (χ2v) is 14.5. The summed E-state index contributed by atoms with van der Waals surface area (Å²) in [6, 6.07) is 11.9. The molecule has 1 aromatic heterocycles. The number of aromatic nitrogens is 1. The topological polar surface area (TPSA) is 76.0 Å². The Bertz CT molecular complexity index is 1560. The number of fused-ring (bicyclic) bond motifs is 1. The molecule has 4 atom stereocenters. The third-order valence-corrected chi connectivity index (χ3v) is 10.9. The Morgan fingerprint density at radius 1 is 1.00 bits per heavy atom. The van der Waals surface area contributed by atoms with Crippen LogP contribution in [0.1, 0.15) is 68.8 Å². The van der Waals surface area contributed by atoms with Crippen molar-refractivity contribution >= 4 is 51.6 Å². The molecule has 3 aliphatic rings. The van der Waals surface area contributed by atoms with E-state index in [0.29, 0.717) is 53.2 Å². The normalized spacial score (nSPS) is 27.3. The van der Waals surface area contributed by atoms with Gasteiger partial charge in [-0.15, -0.1) is 0 Å². The second kappa shape index (κ2) is 14.2. The lowest BCUT2D eigenvalue weighted by Crippen LogP contribution is -2.55. The molecule has 1 saturated carbocycles. The number of benzene rings is 2. The summed E-state index contributed by atoms with van der Waals surface area (Å²) in [5, 5.41) is 4.50. The smallest absolute Gasteiger partial charge is 0.257 e. The number of nitrogens with one attached hydrogen (secondary N) is 1. The number of halogens is 2. The summed E-state index contributed by atoms with van der Waals surface area (Å²) in [5.74, 6) is 0.489. The van der Waals surface area contributed by atoms with Crippen molar-refractivity contribution in [3.05, 3.63) is 63.8 Å². The molecule has 3 fully saturated rings. The number of carbonyl (C=O) groups is 2. The van der Waals surface area contributed by atoms with Gasteiger partial charge in [0.1, 0.15) is 0 Å². The molecule has 2 amide bonds. The van der Waals surface area contributed by atoms with Crippen molar-refractivity contribution in [2.75, 3.05) is 31.7 Å². The van der Waals surface area contributed by atoms with Gasteiger partial charge in [-0.25, -0.2) is 0 Å². The molecule has 10 heteroatoms. The van der Waals surface area contributed by atoms with E-state index in [9.17, 15) is 9.59 Å². The molecule has 2 aromatic carbocycles. The number of hydrogen-bond donors (Lipinski definition) is 1. The lowest BCUT2D eigenvalue weighted by atomic mass is 9.89. The van der Waals surface area contributed by atoms with Crippen LogP contribution in [0.5, 0.6) is 0 Å². The van der Waals surface area contributed by atoms with Crippen molar-refractivity contribution in [1.82, 2.24) is 14.4 Å². The molecule has 3 aromatic rings. The highest BCUT2D eigenvalue weighted by Gasteiger charge is 2.42. The average Bonchev–Trinajstić information content (AvgIpc) is 3.60. The molecular weight excluding hydrogens is 623 g/mol. The van der Waals surface area contributed by atoms with Crippen molar-refractivity contribution in [3.63, 3.8) is 0 Å². The van der Waals surface area contributed by atoms with Crippen LogP contribution in [0.4, 0.5) is 5.69 Å². The summed E-state index contributed by atoms with van der Waals surface area (Å²) >= 11 is 13.4. The van der Waals surface area contributed by atoms with Crippen LogP contribution in [0, 0.1) is 5.92 Å². The monoisotopic (exact) mass is 668 g/mol. The minimum Gasteiger partial charge on any atom is -0.378 e. The van der Waals surface area contributed by atoms with Crippen LogP contribution in [-0.2, 0) is 27.7 Å². The number of hydrogen-bond acceptors (Lipinski definition) is 5. The Balaban J connectivity index is 1.16. The van der Waals surface area contributed by atoms with Crippen molar-refractivity contribution in [1.29, 1.82) is 0 Å². The number of anilines is 1. The van der Waals surface area contributed by atoms with Crippen molar-refractivity contribution in [2.24, 2.45) is 13.0 Å². The van der Waals surface area contributed by atoms with E-state index in [4.69, 9.17) is 32.7 Å². The third-order valence-electron chi connectivity index (χ3n) is 10.2. The van der Waals surface area contributed by atoms with E-state index >= 15 is 0 Å². The summed E-state index contributed by atoms with van der Waals surface area (Å²) in [6.45, 7) is 9.32. The van der Waals surface area contributed by atoms with Gasteiger partial charge in [-0.05, 0) is 75.6 Å². The van der Waals surface area contributed by atoms with Gasteiger partial charge in [-0.3, -0.25) is 14.5 Å². The van der Waals surface area contributed by atoms with Gasteiger partial charge in [-0.2, -0.15) is 0 Å². The predicted octanol–water partition coefficient (Wildman–Crippen LogP) is 6.95. The fourth-order valence-corrected chi connectivity index (χ4v) is 8.21. The molecule has 0 unspecified atom stereocenters. The highest BCUT2D eigenvalue weighted by atomic mass is 35.5. The molecule has 248 valence electrons. The fourth-order valence-electron chi connectivity index (χ4n) is 7.75. The number of likely N-dealkylation sites (tertiary alicyclic amines) is 1. The maximum Gasteiger partial charge on any atom is 0.257 e. The fraction of sp³-hybridized carbons (Fsp3) is 0.556. The third kappa shape index (κ3) is 7.12. The summed E-state index contributed by atoms with van der Waals surface area (Å²) in [4.78, 5) is 31.8. The highest BCUT2D eigenvalue weighted by Crippen LogP contribution is 2.34. The van der Waals surface area contributed by atoms with E-state index in [1.165, 1.54) is 12.8 Å². The van der Waals surface area contributed by atoms with Crippen molar-refractivity contribution in [2.45, 2.75) is 89.6 Å². The SMILES string of the molecule is CC1CCC(OC[C@@H]2C[C@H](N3[C@H](C)COC[C@@H]3C)CN2C(=O)Cc2cc(Cl)c(NC(=O)c3cn(C)c4ccccc34)cc2Cl)CC1. The number of carbonyl (C=O) groups excluding carboxylic acids is 2. The average molecular weight is 670 g/mol. The van der Waals surface area contributed by atoms with Crippen LogP contribution in [0.15, 0.2) is 42.6 Å².